The monoisotopic (exact) mass is 224 g/mol. The lowest BCUT2D eigenvalue weighted by atomic mass is 10.3. The van der Waals surface area contributed by atoms with E-state index in [0.717, 1.165) is 22.0 Å². The van der Waals surface area contributed by atoms with E-state index in [4.69, 9.17) is 11.5 Å². The number of nitrogens with zero attached hydrogens (tertiary/aromatic N) is 2. The van der Waals surface area contributed by atoms with E-state index >= 15 is 0 Å². The fourth-order valence-electron chi connectivity index (χ4n) is 1.64. The molecule has 1 aliphatic rings. The van der Waals surface area contributed by atoms with Crippen molar-refractivity contribution in [2.75, 3.05) is 5.73 Å². The molecule has 7 heteroatoms. The van der Waals surface area contributed by atoms with Crippen LogP contribution >= 0.6 is 0 Å². The SMILES string of the molecule is Cn1c(N)c(C(N)=O)c(=O)n(C2CC2)c1=O. The molecule has 1 heterocycles. The van der Waals surface area contributed by atoms with Crippen molar-refractivity contribution in [2.45, 2.75) is 18.9 Å². The molecule has 1 amide bonds. The lowest BCUT2D eigenvalue weighted by molar-refractivity contribution is 0.0998. The second-order valence-corrected chi connectivity index (χ2v) is 3.87. The fourth-order valence-corrected chi connectivity index (χ4v) is 1.64. The number of nitrogens with two attached hydrogens (primary N) is 2. The summed E-state index contributed by atoms with van der Waals surface area (Å²) in [4.78, 5) is 34.7. The Labute approximate surface area is 90.3 Å². The Balaban J connectivity index is 2.87. The summed E-state index contributed by atoms with van der Waals surface area (Å²) in [5.74, 6) is -1.09. The Hall–Kier alpha value is -2.05. The van der Waals surface area contributed by atoms with Crippen LogP contribution in [0.2, 0.25) is 0 Å². The minimum absolute atomic E-state index is 0.120. The molecular weight excluding hydrogens is 212 g/mol. The van der Waals surface area contributed by atoms with Gasteiger partial charge in [-0.05, 0) is 12.8 Å². The summed E-state index contributed by atoms with van der Waals surface area (Å²) in [6.07, 6.45) is 1.52. The van der Waals surface area contributed by atoms with Crippen LogP contribution < -0.4 is 22.7 Å². The van der Waals surface area contributed by atoms with Crippen molar-refractivity contribution in [3.63, 3.8) is 0 Å². The predicted molar refractivity (Wildman–Crippen MR) is 57.1 cm³/mol. The van der Waals surface area contributed by atoms with E-state index in [0.29, 0.717) is 0 Å². The third-order valence-corrected chi connectivity index (χ3v) is 2.70. The van der Waals surface area contributed by atoms with Crippen molar-refractivity contribution in [1.82, 2.24) is 9.13 Å². The van der Waals surface area contributed by atoms with Gasteiger partial charge >= 0.3 is 5.69 Å². The van der Waals surface area contributed by atoms with E-state index in [2.05, 4.69) is 0 Å². The van der Waals surface area contributed by atoms with Crippen LogP contribution in [0.3, 0.4) is 0 Å². The van der Waals surface area contributed by atoms with E-state index in [1.54, 1.807) is 0 Å². The zero-order valence-corrected chi connectivity index (χ0v) is 8.77. The minimum Gasteiger partial charge on any atom is -0.384 e. The van der Waals surface area contributed by atoms with Gasteiger partial charge in [-0.1, -0.05) is 0 Å². The van der Waals surface area contributed by atoms with E-state index in [1.165, 1.54) is 7.05 Å². The summed E-state index contributed by atoms with van der Waals surface area (Å²) in [7, 11) is 1.41. The van der Waals surface area contributed by atoms with Crippen molar-refractivity contribution in [2.24, 2.45) is 12.8 Å². The quantitative estimate of drug-likeness (QED) is 0.640. The van der Waals surface area contributed by atoms with Crippen molar-refractivity contribution in [3.05, 3.63) is 26.4 Å². The van der Waals surface area contributed by atoms with E-state index in [9.17, 15) is 14.4 Å². The van der Waals surface area contributed by atoms with Crippen molar-refractivity contribution in [1.29, 1.82) is 0 Å². The molecule has 0 unspecified atom stereocenters. The maximum absolute atomic E-state index is 11.9. The van der Waals surface area contributed by atoms with Crippen molar-refractivity contribution in [3.8, 4) is 0 Å². The van der Waals surface area contributed by atoms with Gasteiger partial charge in [0.1, 0.15) is 11.4 Å². The average molecular weight is 224 g/mol. The lowest BCUT2D eigenvalue weighted by Crippen LogP contribution is -2.43. The molecule has 1 aliphatic carbocycles. The smallest absolute Gasteiger partial charge is 0.332 e. The Kier molecular flexibility index (Phi) is 2.11. The molecule has 0 bridgehead atoms. The highest BCUT2D eigenvalue weighted by Crippen LogP contribution is 2.32. The largest absolute Gasteiger partial charge is 0.384 e. The fraction of sp³-hybridized carbons (Fsp3) is 0.444. The standard InChI is InChI=1S/C9H12N4O3/c1-12-6(10)5(7(11)14)8(15)13(9(12)16)4-2-3-4/h4H,2-3,10H2,1H3,(H2,11,14). The van der Waals surface area contributed by atoms with Gasteiger partial charge in [-0.2, -0.15) is 0 Å². The first kappa shape index (κ1) is 10.5. The topological polar surface area (TPSA) is 113 Å². The van der Waals surface area contributed by atoms with Gasteiger partial charge in [-0.25, -0.2) is 4.79 Å². The Morgan fingerprint density at radius 2 is 1.94 bits per heavy atom. The van der Waals surface area contributed by atoms with Crippen LogP contribution in [0.4, 0.5) is 5.82 Å². The number of carbonyl (C=O) groups is 1. The van der Waals surface area contributed by atoms with Crippen molar-refractivity contribution >= 4 is 11.7 Å². The van der Waals surface area contributed by atoms with Gasteiger partial charge in [0, 0.05) is 13.1 Å². The van der Waals surface area contributed by atoms with Gasteiger partial charge in [-0.3, -0.25) is 18.7 Å². The van der Waals surface area contributed by atoms with Crippen LogP contribution in [0.1, 0.15) is 29.2 Å². The van der Waals surface area contributed by atoms with Crippen LogP contribution in [0.15, 0.2) is 9.59 Å². The van der Waals surface area contributed by atoms with Gasteiger partial charge < -0.3 is 11.5 Å². The third kappa shape index (κ3) is 1.32. The van der Waals surface area contributed by atoms with Gasteiger partial charge in [0.25, 0.3) is 11.5 Å². The summed E-state index contributed by atoms with van der Waals surface area (Å²) >= 11 is 0. The summed E-state index contributed by atoms with van der Waals surface area (Å²) in [5.41, 5.74) is 9.10. The molecule has 0 aromatic carbocycles. The van der Waals surface area contributed by atoms with Crippen LogP contribution in [0.25, 0.3) is 0 Å². The number of anilines is 1. The number of rotatable bonds is 2. The molecule has 0 atom stereocenters. The molecule has 16 heavy (non-hydrogen) atoms. The molecule has 4 N–H and O–H groups in total. The maximum atomic E-state index is 11.9. The van der Waals surface area contributed by atoms with Gasteiger partial charge in [0.05, 0.1) is 0 Å². The van der Waals surface area contributed by atoms with E-state index in [1.807, 2.05) is 0 Å². The number of nitrogen functional groups attached to an aromatic ring is 1. The Bertz CT molecular complexity index is 580. The first-order valence-corrected chi connectivity index (χ1v) is 4.86. The highest BCUT2D eigenvalue weighted by atomic mass is 16.2. The zero-order valence-electron chi connectivity index (χ0n) is 8.77. The van der Waals surface area contributed by atoms with Gasteiger partial charge in [0.2, 0.25) is 0 Å². The zero-order chi connectivity index (χ0) is 12.0. The van der Waals surface area contributed by atoms with E-state index in [-0.39, 0.29) is 17.4 Å². The molecule has 1 saturated carbocycles. The normalized spacial score (nSPS) is 15.1. The number of carbonyl (C=O) groups excluding carboxylic acids is 1. The first-order chi connectivity index (χ1) is 7.45. The number of hydrogen-bond donors (Lipinski definition) is 2. The number of hydrogen-bond acceptors (Lipinski definition) is 4. The second-order valence-electron chi connectivity index (χ2n) is 3.87. The minimum atomic E-state index is -0.910. The first-order valence-electron chi connectivity index (χ1n) is 4.86. The molecule has 1 aromatic heterocycles. The van der Waals surface area contributed by atoms with E-state index < -0.39 is 17.2 Å². The predicted octanol–water partition coefficient (Wildman–Crippen LogP) is -1.44. The molecule has 1 fully saturated rings. The summed E-state index contributed by atoms with van der Waals surface area (Å²) < 4.78 is 2.12. The third-order valence-electron chi connectivity index (χ3n) is 2.70. The average Bonchev–Trinajstić information content (AvgIpc) is 2.98. The Morgan fingerprint density at radius 3 is 2.38 bits per heavy atom. The van der Waals surface area contributed by atoms with Gasteiger partial charge in [0.15, 0.2) is 0 Å². The lowest BCUT2D eigenvalue weighted by Gasteiger charge is -2.11. The number of aromatic nitrogens is 2. The maximum Gasteiger partial charge on any atom is 0.332 e. The molecule has 0 radical (unpaired) electrons. The summed E-state index contributed by atoms with van der Waals surface area (Å²) in [5, 5.41) is 0. The molecule has 7 nitrogen and oxygen atoms in total. The number of primary amides is 1. The summed E-state index contributed by atoms with van der Waals surface area (Å²) in [6, 6.07) is -0.120. The van der Waals surface area contributed by atoms with Crippen LogP contribution in [-0.2, 0) is 7.05 Å². The molecule has 0 saturated heterocycles. The molecule has 1 aromatic rings. The second kappa shape index (κ2) is 3.22. The van der Waals surface area contributed by atoms with Crippen LogP contribution in [0.5, 0.6) is 0 Å². The molecule has 86 valence electrons. The molecule has 0 spiro atoms. The number of amides is 1. The van der Waals surface area contributed by atoms with Crippen molar-refractivity contribution < 1.29 is 4.79 Å². The molecule has 0 aliphatic heterocycles. The molecule has 2 rings (SSSR count). The molecular formula is C9H12N4O3. The van der Waals surface area contributed by atoms with Crippen LogP contribution in [-0.4, -0.2) is 15.0 Å². The summed E-state index contributed by atoms with van der Waals surface area (Å²) in [6.45, 7) is 0. The van der Waals surface area contributed by atoms with Gasteiger partial charge in [-0.15, -0.1) is 0 Å². The highest BCUT2D eigenvalue weighted by Gasteiger charge is 2.30. The van der Waals surface area contributed by atoms with Crippen LogP contribution in [0, 0.1) is 0 Å². The highest BCUT2D eigenvalue weighted by molar-refractivity contribution is 5.96. The Morgan fingerprint density at radius 1 is 1.38 bits per heavy atom.